The van der Waals surface area contributed by atoms with Crippen LogP contribution in [0.3, 0.4) is 0 Å². The van der Waals surface area contributed by atoms with Gasteiger partial charge in [0, 0.05) is 6.42 Å². The van der Waals surface area contributed by atoms with E-state index in [1.807, 2.05) is 6.92 Å². The number of halogens is 1. The number of anilines is 1. The summed E-state index contributed by atoms with van der Waals surface area (Å²) in [5.74, 6) is -3.15. The zero-order valence-electron chi connectivity index (χ0n) is 21.4. The Morgan fingerprint density at radius 1 is 1.18 bits per heavy atom. The summed E-state index contributed by atoms with van der Waals surface area (Å²) in [6.07, 6.45) is -2.64. The molecule has 3 rings (SSSR count). The van der Waals surface area contributed by atoms with Gasteiger partial charge >= 0.3 is 5.97 Å². The topological polar surface area (TPSA) is 172 Å². The molecule has 5 unspecified atom stereocenters. The summed E-state index contributed by atoms with van der Waals surface area (Å²) in [5.41, 5.74) is 0.404. The number of aliphatic hydroxyl groups excluding tert-OH is 4. The second-order valence-electron chi connectivity index (χ2n) is 9.38. The molecular weight excluding hydrogens is 525 g/mol. The Kier molecular flexibility index (Phi) is 10.3. The maximum absolute atomic E-state index is 13.9. The van der Waals surface area contributed by atoms with Gasteiger partial charge in [0.15, 0.2) is 5.79 Å². The Hall–Kier alpha value is -2.13. The van der Waals surface area contributed by atoms with Crippen LogP contribution in [0.1, 0.15) is 45.1 Å². The zero-order chi connectivity index (χ0) is 28.1. The fourth-order valence-electron chi connectivity index (χ4n) is 4.69. The number of esters is 1. The molecule has 214 valence electrons. The van der Waals surface area contributed by atoms with E-state index in [4.69, 9.17) is 14.2 Å². The molecule has 5 N–H and O–H groups in total. The molecule has 38 heavy (non-hydrogen) atoms. The van der Waals surface area contributed by atoms with E-state index in [1.165, 1.54) is 12.1 Å². The molecule has 1 heterocycles. The van der Waals surface area contributed by atoms with Gasteiger partial charge in [-0.1, -0.05) is 13.3 Å². The van der Waals surface area contributed by atoms with Gasteiger partial charge in [-0.15, -0.1) is 0 Å². The van der Waals surface area contributed by atoms with E-state index in [1.54, 1.807) is 6.92 Å². The first-order valence-electron chi connectivity index (χ1n) is 12.6. The molecule has 0 amide bonds. The van der Waals surface area contributed by atoms with E-state index < -0.39 is 70.5 Å². The lowest BCUT2D eigenvalue weighted by Gasteiger charge is -2.34. The van der Waals surface area contributed by atoms with Crippen LogP contribution in [0.15, 0.2) is 29.8 Å². The van der Waals surface area contributed by atoms with E-state index in [0.29, 0.717) is 18.4 Å². The summed E-state index contributed by atoms with van der Waals surface area (Å²) in [5, 5.41) is 37.9. The molecule has 1 aliphatic carbocycles. The van der Waals surface area contributed by atoms with E-state index in [0.717, 1.165) is 18.6 Å². The lowest BCUT2D eigenvalue weighted by atomic mass is 9.94. The number of nitrogens with one attached hydrogen (secondary N) is 1. The molecule has 1 spiro atoms. The first-order valence-corrected chi connectivity index (χ1v) is 14.2. The molecule has 0 radical (unpaired) electrons. The molecule has 11 nitrogen and oxygen atoms in total. The largest absolute Gasteiger partial charge is 0.463 e. The van der Waals surface area contributed by atoms with Gasteiger partial charge in [0.05, 0.1) is 31.1 Å². The van der Waals surface area contributed by atoms with Crippen LogP contribution in [0.4, 0.5) is 10.1 Å². The van der Waals surface area contributed by atoms with E-state index in [2.05, 4.69) is 4.72 Å². The second kappa shape index (κ2) is 12.8. The first-order chi connectivity index (χ1) is 18.0. The van der Waals surface area contributed by atoms with Crippen LogP contribution in [0.5, 0.6) is 0 Å². The number of sulfonamides is 1. The van der Waals surface area contributed by atoms with Crippen LogP contribution in [0.25, 0.3) is 0 Å². The predicted molar refractivity (Wildman–Crippen MR) is 134 cm³/mol. The molecule has 1 saturated heterocycles. The average Bonchev–Trinajstić information content (AvgIpc) is 3.26. The highest BCUT2D eigenvalue weighted by Crippen LogP contribution is 2.43. The van der Waals surface area contributed by atoms with Crippen LogP contribution in [-0.4, -0.2) is 90.1 Å². The summed E-state index contributed by atoms with van der Waals surface area (Å²) in [4.78, 5) is 12.9. The second-order valence-corrected chi connectivity index (χ2v) is 11.2. The fraction of sp³-hybridized carbons (Fsp3) is 0.640. The van der Waals surface area contributed by atoms with Crippen molar-refractivity contribution in [2.75, 3.05) is 24.5 Å². The highest BCUT2D eigenvalue weighted by atomic mass is 32.2. The van der Waals surface area contributed by atoms with Crippen LogP contribution < -0.4 is 4.72 Å². The van der Waals surface area contributed by atoms with E-state index >= 15 is 0 Å². The molecule has 2 aliphatic rings. The molecule has 13 heteroatoms. The minimum Gasteiger partial charge on any atom is -0.463 e. The third kappa shape index (κ3) is 6.71. The molecule has 0 saturated carbocycles. The number of hydrogen-bond acceptors (Lipinski definition) is 10. The third-order valence-electron chi connectivity index (χ3n) is 6.61. The van der Waals surface area contributed by atoms with Crippen molar-refractivity contribution in [1.29, 1.82) is 0 Å². The molecule has 1 fully saturated rings. The summed E-state index contributed by atoms with van der Waals surface area (Å²) in [6, 6.07) is 3.75. The van der Waals surface area contributed by atoms with Gasteiger partial charge in [-0.25, -0.2) is 17.6 Å². The van der Waals surface area contributed by atoms with Crippen molar-refractivity contribution in [3.05, 3.63) is 41.2 Å². The Morgan fingerprint density at radius 2 is 1.82 bits per heavy atom. The summed E-state index contributed by atoms with van der Waals surface area (Å²) in [7, 11) is -4.26. The van der Waals surface area contributed by atoms with Crippen LogP contribution in [-0.2, 0) is 35.4 Å². The minimum absolute atomic E-state index is 0.0398. The van der Waals surface area contributed by atoms with Crippen molar-refractivity contribution in [3.8, 4) is 0 Å². The standard InChI is InChI=1S/C25H36FNO10S/c1-3-5-6-15-11-16(26)7-8-18(15)27-38(33,34)21-9-10-25(12-17(21)24(32)35-4-2)36-22(19(30)13-28)23(37-25)20(31)14-29/h7-8,11-12,19-23,27-31H,3-6,9-10,13-14H2,1-2H3. The van der Waals surface area contributed by atoms with Gasteiger partial charge in [-0.3, -0.25) is 4.72 Å². The predicted octanol–water partition coefficient (Wildman–Crippen LogP) is 0.749. The number of unbranched alkanes of at least 4 members (excludes halogenated alkanes) is 1. The smallest absolute Gasteiger partial charge is 0.335 e. The number of hydrogen-bond donors (Lipinski definition) is 5. The Labute approximate surface area is 221 Å². The lowest BCUT2D eigenvalue weighted by Crippen LogP contribution is -2.45. The fourth-order valence-corrected chi connectivity index (χ4v) is 6.26. The van der Waals surface area contributed by atoms with Crippen molar-refractivity contribution < 1.29 is 52.2 Å². The van der Waals surface area contributed by atoms with Gasteiger partial charge in [0.25, 0.3) is 0 Å². The molecule has 1 aromatic carbocycles. The van der Waals surface area contributed by atoms with Crippen LogP contribution in [0, 0.1) is 5.82 Å². The van der Waals surface area contributed by atoms with Gasteiger partial charge in [-0.05, 0) is 56.0 Å². The van der Waals surface area contributed by atoms with E-state index in [-0.39, 0.29) is 30.7 Å². The van der Waals surface area contributed by atoms with Crippen LogP contribution in [0.2, 0.25) is 0 Å². The molecule has 5 atom stereocenters. The number of aryl methyl sites for hydroxylation is 1. The highest BCUT2D eigenvalue weighted by Gasteiger charge is 2.55. The zero-order valence-corrected chi connectivity index (χ0v) is 22.2. The van der Waals surface area contributed by atoms with Crippen molar-refractivity contribution in [1.82, 2.24) is 0 Å². The number of ether oxygens (including phenoxy) is 3. The molecular formula is C25H36FNO10S. The quantitative estimate of drug-likeness (QED) is 0.229. The number of carbonyl (C=O) groups excluding carboxylic acids is 1. The highest BCUT2D eigenvalue weighted by molar-refractivity contribution is 7.93. The van der Waals surface area contributed by atoms with Crippen molar-refractivity contribution >= 4 is 21.7 Å². The van der Waals surface area contributed by atoms with Gasteiger partial charge in [-0.2, -0.15) is 0 Å². The number of carbonyl (C=O) groups is 1. The molecule has 0 bridgehead atoms. The number of aliphatic hydroxyl groups is 4. The lowest BCUT2D eigenvalue weighted by molar-refractivity contribution is -0.164. The third-order valence-corrected chi connectivity index (χ3v) is 8.35. The Bertz CT molecular complexity index is 1090. The molecule has 0 aromatic heterocycles. The summed E-state index contributed by atoms with van der Waals surface area (Å²) in [6.45, 7) is 2.01. The maximum atomic E-state index is 13.9. The number of benzene rings is 1. The maximum Gasteiger partial charge on any atom is 0.335 e. The first kappa shape index (κ1) is 30.4. The SMILES string of the molecule is CCCCc1cc(F)ccc1NS(=O)(=O)C1CCC2(C=C1C(=O)OCC)OC(C(O)CO)C(C(O)CO)O2. The van der Waals surface area contributed by atoms with Gasteiger partial charge in [0.2, 0.25) is 10.0 Å². The van der Waals surface area contributed by atoms with E-state index in [9.17, 15) is 38.0 Å². The normalized spacial score (nSPS) is 27.1. The van der Waals surface area contributed by atoms with Crippen LogP contribution >= 0.6 is 0 Å². The summed E-state index contributed by atoms with van der Waals surface area (Å²) >= 11 is 0. The average molecular weight is 562 g/mol. The monoisotopic (exact) mass is 561 g/mol. The summed E-state index contributed by atoms with van der Waals surface area (Å²) < 4.78 is 60.3. The number of rotatable bonds is 12. The molecule has 1 aliphatic heterocycles. The van der Waals surface area contributed by atoms with Crippen molar-refractivity contribution in [3.63, 3.8) is 0 Å². The van der Waals surface area contributed by atoms with Gasteiger partial charge in [0.1, 0.15) is 35.5 Å². The van der Waals surface area contributed by atoms with Gasteiger partial charge < -0.3 is 34.6 Å². The minimum atomic E-state index is -4.26. The Morgan fingerprint density at radius 3 is 2.37 bits per heavy atom. The van der Waals surface area contributed by atoms with Crippen molar-refractivity contribution in [2.45, 2.75) is 81.4 Å². The van der Waals surface area contributed by atoms with Crippen molar-refractivity contribution in [2.24, 2.45) is 0 Å². The molecule has 1 aromatic rings. The Balaban J connectivity index is 1.98.